The summed E-state index contributed by atoms with van der Waals surface area (Å²) < 4.78 is 0. The molecule has 0 aromatic heterocycles. The van der Waals surface area contributed by atoms with Gasteiger partial charge in [-0.1, -0.05) is 36.8 Å². The maximum atomic E-state index is 5.67. The van der Waals surface area contributed by atoms with Gasteiger partial charge in [-0.2, -0.15) is 0 Å². The molecule has 14 heavy (non-hydrogen) atoms. The highest BCUT2D eigenvalue weighted by atomic mass is 14.6. The van der Waals surface area contributed by atoms with Gasteiger partial charge in [0.15, 0.2) is 0 Å². The third-order valence-corrected chi connectivity index (χ3v) is 2.92. The van der Waals surface area contributed by atoms with E-state index >= 15 is 0 Å². The standard InChI is InChI=1S/C12H20N2/c1-9-3-5-11(6-4-9)10(2)12(7-13)8-14/h3-6,10,12H,7-8,13-14H2,1-2H3. The highest BCUT2D eigenvalue weighted by molar-refractivity contribution is 5.24. The number of rotatable bonds is 4. The SMILES string of the molecule is Cc1ccc(C(C)C(CN)CN)cc1. The Morgan fingerprint density at radius 2 is 1.57 bits per heavy atom. The molecule has 0 aliphatic carbocycles. The van der Waals surface area contributed by atoms with E-state index in [1.807, 2.05) is 0 Å². The van der Waals surface area contributed by atoms with E-state index in [0.717, 1.165) is 0 Å². The minimum Gasteiger partial charge on any atom is -0.330 e. The first-order valence-electron chi connectivity index (χ1n) is 5.15. The van der Waals surface area contributed by atoms with Crippen molar-refractivity contribution in [3.8, 4) is 0 Å². The molecule has 1 unspecified atom stereocenters. The van der Waals surface area contributed by atoms with Crippen LogP contribution in [0.1, 0.15) is 24.0 Å². The van der Waals surface area contributed by atoms with Gasteiger partial charge in [-0.05, 0) is 37.4 Å². The van der Waals surface area contributed by atoms with Crippen molar-refractivity contribution in [2.75, 3.05) is 13.1 Å². The molecule has 0 fully saturated rings. The van der Waals surface area contributed by atoms with Gasteiger partial charge < -0.3 is 11.5 Å². The molecule has 0 aliphatic heterocycles. The predicted molar refractivity (Wildman–Crippen MR) is 61.2 cm³/mol. The highest BCUT2D eigenvalue weighted by Crippen LogP contribution is 2.23. The fourth-order valence-corrected chi connectivity index (χ4v) is 1.65. The quantitative estimate of drug-likeness (QED) is 0.762. The van der Waals surface area contributed by atoms with Crippen molar-refractivity contribution >= 4 is 0 Å². The summed E-state index contributed by atoms with van der Waals surface area (Å²) in [6, 6.07) is 8.60. The lowest BCUT2D eigenvalue weighted by molar-refractivity contribution is 0.466. The molecule has 1 rings (SSSR count). The van der Waals surface area contributed by atoms with Crippen molar-refractivity contribution in [1.82, 2.24) is 0 Å². The van der Waals surface area contributed by atoms with E-state index < -0.39 is 0 Å². The molecule has 0 amide bonds. The average Bonchev–Trinajstić information content (AvgIpc) is 2.20. The van der Waals surface area contributed by atoms with E-state index in [-0.39, 0.29) is 0 Å². The van der Waals surface area contributed by atoms with Crippen LogP contribution in [-0.2, 0) is 0 Å². The van der Waals surface area contributed by atoms with E-state index in [4.69, 9.17) is 11.5 Å². The summed E-state index contributed by atoms with van der Waals surface area (Å²) in [5, 5.41) is 0. The molecule has 0 aliphatic rings. The molecule has 0 spiro atoms. The maximum absolute atomic E-state index is 5.67. The van der Waals surface area contributed by atoms with Gasteiger partial charge in [0.2, 0.25) is 0 Å². The lowest BCUT2D eigenvalue weighted by Gasteiger charge is -2.21. The Balaban J connectivity index is 2.77. The van der Waals surface area contributed by atoms with Gasteiger partial charge in [-0.15, -0.1) is 0 Å². The zero-order valence-corrected chi connectivity index (χ0v) is 9.03. The second kappa shape index (κ2) is 5.13. The Kier molecular flexibility index (Phi) is 4.11. The minimum atomic E-state index is 0.387. The monoisotopic (exact) mass is 192 g/mol. The van der Waals surface area contributed by atoms with Crippen LogP contribution in [0.2, 0.25) is 0 Å². The summed E-state index contributed by atoms with van der Waals surface area (Å²) in [6.45, 7) is 5.60. The second-order valence-corrected chi connectivity index (χ2v) is 3.93. The summed E-state index contributed by atoms with van der Waals surface area (Å²) >= 11 is 0. The minimum absolute atomic E-state index is 0.387. The van der Waals surface area contributed by atoms with Crippen LogP contribution in [0.3, 0.4) is 0 Å². The molecule has 0 heterocycles. The molecule has 78 valence electrons. The van der Waals surface area contributed by atoms with Crippen LogP contribution < -0.4 is 11.5 Å². The molecule has 1 aromatic rings. The van der Waals surface area contributed by atoms with Crippen LogP contribution in [0.25, 0.3) is 0 Å². The van der Waals surface area contributed by atoms with Crippen molar-refractivity contribution in [1.29, 1.82) is 0 Å². The van der Waals surface area contributed by atoms with Gasteiger partial charge in [-0.25, -0.2) is 0 Å². The Morgan fingerprint density at radius 1 is 1.07 bits per heavy atom. The number of benzene rings is 1. The van der Waals surface area contributed by atoms with Crippen LogP contribution in [0.15, 0.2) is 24.3 Å². The average molecular weight is 192 g/mol. The van der Waals surface area contributed by atoms with E-state index in [2.05, 4.69) is 38.1 Å². The van der Waals surface area contributed by atoms with Gasteiger partial charge >= 0.3 is 0 Å². The summed E-state index contributed by atoms with van der Waals surface area (Å²) in [5.74, 6) is 0.836. The number of hydrogen-bond donors (Lipinski definition) is 2. The van der Waals surface area contributed by atoms with Crippen molar-refractivity contribution in [2.45, 2.75) is 19.8 Å². The molecule has 0 saturated heterocycles. The highest BCUT2D eigenvalue weighted by Gasteiger charge is 2.15. The topological polar surface area (TPSA) is 52.0 Å². The lowest BCUT2D eigenvalue weighted by atomic mass is 9.87. The smallest absolute Gasteiger partial charge is 0.00310 e. The Bertz CT molecular complexity index is 262. The van der Waals surface area contributed by atoms with Gasteiger partial charge in [-0.3, -0.25) is 0 Å². The number of aryl methyl sites for hydroxylation is 1. The first-order valence-corrected chi connectivity index (χ1v) is 5.15. The van der Waals surface area contributed by atoms with Gasteiger partial charge in [0.1, 0.15) is 0 Å². The molecule has 0 radical (unpaired) electrons. The molecule has 0 saturated carbocycles. The summed E-state index contributed by atoms with van der Waals surface area (Å²) in [7, 11) is 0. The first-order chi connectivity index (χ1) is 6.69. The van der Waals surface area contributed by atoms with Gasteiger partial charge in [0.05, 0.1) is 0 Å². The Labute approximate surface area is 86.3 Å². The maximum Gasteiger partial charge on any atom is -0.00310 e. The number of nitrogens with two attached hydrogens (primary N) is 2. The summed E-state index contributed by atoms with van der Waals surface area (Å²) in [5.41, 5.74) is 14.0. The largest absolute Gasteiger partial charge is 0.330 e. The van der Waals surface area contributed by atoms with Crippen molar-refractivity contribution in [2.24, 2.45) is 17.4 Å². The summed E-state index contributed by atoms with van der Waals surface area (Å²) in [6.07, 6.45) is 0. The van der Waals surface area contributed by atoms with E-state index in [0.29, 0.717) is 24.9 Å². The van der Waals surface area contributed by atoms with Crippen molar-refractivity contribution < 1.29 is 0 Å². The van der Waals surface area contributed by atoms with Crippen LogP contribution in [0.5, 0.6) is 0 Å². The zero-order valence-electron chi connectivity index (χ0n) is 9.03. The zero-order chi connectivity index (χ0) is 10.6. The molecule has 0 bridgehead atoms. The second-order valence-electron chi connectivity index (χ2n) is 3.93. The van der Waals surface area contributed by atoms with Crippen LogP contribution >= 0.6 is 0 Å². The molecule has 1 aromatic carbocycles. The molecule has 4 N–H and O–H groups in total. The Hall–Kier alpha value is -0.860. The summed E-state index contributed by atoms with van der Waals surface area (Å²) in [4.78, 5) is 0. The first kappa shape index (κ1) is 11.2. The van der Waals surface area contributed by atoms with Crippen molar-refractivity contribution in [3.63, 3.8) is 0 Å². The van der Waals surface area contributed by atoms with E-state index in [9.17, 15) is 0 Å². The van der Waals surface area contributed by atoms with Crippen LogP contribution in [0.4, 0.5) is 0 Å². The molecular weight excluding hydrogens is 172 g/mol. The van der Waals surface area contributed by atoms with Crippen LogP contribution in [0, 0.1) is 12.8 Å². The van der Waals surface area contributed by atoms with Gasteiger partial charge in [0, 0.05) is 0 Å². The van der Waals surface area contributed by atoms with E-state index in [1.54, 1.807) is 0 Å². The predicted octanol–water partition coefficient (Wildman–Crippen LogP) is 1.63. The van der Waals surface area contributed by atoms with Crippen LogP contribution in [-0.4, -0.2) is 13.1 Å². The Morgan fingerprint density at radius 3 is 2.00 bits per heavy atom. The molecule has 1 atom stereocenters. The molecule has 2 heteroatoms. The van der Waals surface area contributed by atoms with E-state index in [1.165, 1.54) is 11.1 Å². The fraction of sp³-hybridized carbons (Fsp3) is 0.500. The third kappa shape index (κ3) is 2.56. The number of hydrogen-bond acceptors (Lipinski definition) is 2. The normalized spacial score (nSPS) is 13.2. The fourth-order valence-electron chi connectivity index (χ4n) is 1.65. The molecule has 2 nitrogen and oxygen atoms in total. The third-order valence-electron chi connectivity index (χ3n) is 2.92. The lowest BCUT2D eigenvalue weighted by Crippen LogP contribution is -2.27. The molecular formula is C12H20N2. The van der Waals surface area contributed by atoms with Gasteiger partial charge in [0.25, 0.3) is 0 Å². The van der Waals surface area contributed by atoms with Crippen molar-refractivity contribution in [3.05, 3.63) is 35.4 Å².